The number of rotatable bonds is 5. The molecule has 0 radical (unpaired) electrons. The van der Waals surface area contributed by atoms with E-state index in [-0.39, 0.29) is 5.91 Å². The summed E-state index contributed by atoms with van der Waals surface area (Å²) in [6, 6.07) is 21.8. The fraction of sp³-hybridized carbons (Fsp3) is 0.0476. The van der Waals surface area contributed by atoms with Crippen molar-refractivity contribution in [3.8, 4) is 10.6 Å². The molecule has 26 heavy (non-hydrogen) atoms. The highest BCUT2D eigenvalue weighted by Gasteiger charge is 2.19. The fourth-order valence-corrected chi connectivity index (χ4v) is 3.50. The molecule has 0 saturated heterocycles. The predicted octanol–water partition coefficient (Wildman–Crippen LogP) is 5.25. The van der Waals surface area contributed by atoms with E-state index in [0.29, 0.717) is 11.5 Å². The second-order valence-electron chi connectivity index (χ2n) is 5.78. The highest BCUT2D eigenvalue weighted by Crippen LogP contribution is 2.28. The highest BCUT2D eigenvalue weighted by molar-refractivity contribution is 7.13. The van der Waals surface area contributed by atoms with Gasteiger partial charge in [-0.25, -0.2) is 4.98 Å². The van der Waals surface area contributed by atoms with Gasteiger partial charge in [0.2, 0.25) is 0 Å². The Hall–Kier alpha value is -3.18. The van der Waals surface area contributed by atoms with E-state index in [1.165, 1.54) is 23.3 Å². The van der Waals surface area contributed by atoms with Crippen molar-refractivity contribution < 1.29 is 9.21 Å². The Kier molecular flexibility index (Phi) is 4.62. The lowest BCUT2D eigenvalue weighted by Crippen LogP contribution is -2.14. The number of amides is 1. The van der Waals surface area contributed by atoms with Crippen LogP contribution in [-0.2, 0) is 6.42 Å². The summed E-state index contributed by atoms with van der Waals surface area (Å²) in [5.41, 5.74) is 3.31. The van der Waals surface area contributed by atoms with Crippen LogP contribution in [0.4, 0.5) is 5.69 Å². The largest absolute Gasteiger partial charge is 0.442 e. The van der Waals surface area contributed by atoms with E-state index < -0.39 is 0 Å². The normalized spacial score (nSPS) is 10.6. The molecule has 0 spiro atoms. The van der Waals surface area contributed by atoms with Crippen LogP contribution in [0.25, 0.3) is 10.6 Å². The van der Waals surface area contributed by atoms with Crippen LogP contribution in [0.3, 0.4) is 0 Å². The van der Waals surface area contributed by atoms with Gasteiger partial charge in [-0.3, -0.25) is 4.79 Å². The van der Waals surface area contributed by atoms with Crippen LogP contribution in [0.15, 0.2) is 82.9 Å². The summed E-state index contributed by atoms with van der Waals surface area (Å²) in [6.07, 6.45) is 2.05. The van der Waals surface area contributed by atoms with Crippen molar-refractivity contribution in [2.45, 2.75) is 6.42 Å². The number of nitrogens with zero attached hydrogens (tertiary/aromatic N) is 1. The first-order valence-corrected chi connectivity index (χ1v) is 9.10. The summed E-state index contributed by atoms with van der Waals surface area (Å²) in [7, 11) is 0. The van der Waals surface area contributed by atoms with E-state index in [1.807, 2.05) is 60.0 Å². The zero-order valence-corrected chi connectivity index (χ0v) is 14.7. The third-order valence-corrected chi connectivity index (χ3v) is 4.90. The minimum Gasteiger partial charge on any atom is -0.442 e. The van der Waals surface area contributed by atoms with Crippen LogP contribution in [0.1, 0.15) is 21.6 Å². The molecular weight excluding hydrogens is 344 g/mol. The van der Waals surface area contributed by atoms with Crippen LogP contribution in [0.5, 0.6) is 0 Å². The lowest BCUT2D eigenvalue weighted by Gasteiger charge is -2.11. The summed E-state index contributed by atoms with van der Waals surface area (Å²) < 4.78 is 5.43. The van der Waals surface area contributed by atoms with Gasteiger partial charge < -0.3 is 9.73 Å². The number of anilines is 1. The molecule has 0 atom stereocenters. The van der Waals surface area contributed by atoms with E-state index in [1.54, 1.807) is 0 Å². The topological polar surface area (TPSA) is 55.1 Å². The molecule has 2 aromatic carbocycles. The van der Waals surface area contributed by atoms with Gasteiger partial charge in [0.1, 0.15) is 0 Å². The van der Waals surface area contributed by atoms with Crippen molar-refractivity contribution in [2.75, 3.05) is 5.32 Å². The second kappa shape index (κ2) is 7.37. The molecule has 5 heteroatoms. The van der Waals surface area contributed by atoms with Gasteiger partial charge in [-0.2, -0.15) is 0 Å². The monoisotopic (exact) mass is 360 g/mol. The molecule has 2 aromatic heterocycles. The van der Waals surface area contributed by atoms with Gasteiger partial charge in [-0.05, 0) is 35.1 Å². The third-order valence-electron chi connectivity index (χ3n) is 4.03. The van der Waals surface area contributed by atoms with Gasteiger partial charge in [0.25, 0.3) is 5.91 Å². The Labute approximate surface area is 155 Å². The van der Waals surface area contributed by atoms with E-state index in [9.17, 15) is 4.79 Å². The minimum absolute atomic E-state index is 0.275. The smallest absolute Gasteiger partial charge is 0.278 e. The Morgan fingerprint density at radius 2 is 1.81 bits per heavy atom. The summed E-state index contributed by atoms with van der Waals surface area (Å²) in [5.74, 6) is 0.223. The highest BCUT2D eigenvalue weighted by atomic mass is 32.1. The molecule has 0 aliphatic carbocycles. The molecule has 0 aliphatic heterocycles. The Morgan fingerprint density at radius 1 is 1.00 bits per heavy atom. The summed E-state index contributed by atoms with van der Waals surface area (Å²) in [6.45, 7) is 0. The van der Waals surface area contributed by atoms with Crippen LogP contribution >= 0.6 is 11.3 Å². The number of para-hydroxylation sites is 1. The van der Waals surface area contributed by atoms with Crippen molar-refractivity contribution in [2.24, 2.45) is 0 Å². The van der Waals surface area contributed by atoms with Gasteiger partial charge in [0.05, 0.1) is 4.88 Å². The van der Waals surface area contributed by atoms with Crippen LogP contribution in [0.2, 0.25) is 0 Å². The van der Waals surface area contributed by atoms with Crippen molar-refractivity contribution in [3.05, 3.63) is 95.3 Å². The molecule has 2 heterocycles. The predicted molar refractivity (Wildman–Crippen MR) is 103 cm³/mol. The fourth-order valence-electron chi connectivity index (χ4n) is 2.78. The van der Waals surface area contributed by atoms with Gasteiger partial charge in [-0.15, -0.1) is 11.3 Å². The van der Waals surface area contributed by atoms with Gasteiger partial charge in [0, 0.05) is 5.69 Å². The van der Waals surface area contributed by atoms with Crippen molar-refractivity contribution in [3.63, 3.8) is 0 Å². The van der Waals surface area contributed by atoms with Gasteiger partial charge >= 0.3 is 0 Å². The SMILES string of the molecule is O=C(Nc1ccccc1Cc1ccccc1)c1ncoc1-c1cccs1. The molecule has 0 saturated carbocycles. The Balaban J connectivity index is 1.59. The van der Waals surface area contributed by atoms with E-state index in [0.717, 1.165) is 22.5 Å². The van der Waals surface area contributed by atoms with Crippen LogP contribution < -0.4 is 5.32 Å². The van der Waals surface area contributed by atoms with Gasteiger partial charge in [-0.1, -0.05) is 54.6 Å². The molecule has 4 aromatic rings. The maximum Gasteiger partial charge on any atom is 0.278 e. The molecule has 0 bridgehead atoms. The second-order valence-corrected chi connectivity index (χ2v) is 6.73. The molecule has 1 N–H and O–H groups in total. The number of hydrogen-bond acceptors (Lipinski definition) is 4. The molecular formula is C21H16N2O2S. The van der Waals surface area contributed by atoms with Gasteiger partial charge in [0.15, 0.2) is 17.8 Å². The Morgan fingerprint density at radius 3 is 2.62 bits per heavy atom. The summed E-state index contributed by atoms with van der Waals surface area (Å²) in [4.78, 5) is 17.8. The standard InChI is InChI=1S/C21H16N2O2S/c24-21(19-20(25-14-22-19)18-11-6-12-26-18)23-17-10-5-4-9-16(17)13-15-7-2-1-3-8-15/h1-12,14H,13H2,(H,23,24). The van der Waals surface area contributed by atoms with E-state index >= 15 is 0 Å². The molecule has 0 unspecified atom stereocenters. The van der Waals surface area contributed by atoms with E-state index in [4.69, 9.17) is 4.42 Å². The maximum absolute atomic E-state index is 12.8. The van der Waals surface area contributed by atoms with Crippen molar-refractivity contribution >= 4 is 22.9 Å². The van der Waals surface area contributed by atoms with E-state index in [2.05, 4.69) is 22.4 Å². The number of thiophene rings is 1. The number of carbonyl (C=O) groups excluding carboxylic acids is 1. The lowest BCUT2D eigenvalue weighted by molar-refractivity contribution is 0.102. The number of oxazole rings is 1. The minimum atomic E-state index is -0.275. The average molecular weight is 360 g/mol. The lowest BCUT2D eigenvalue weighted by atomic mass is 10.0. The van der Waals surface area contributed by atoms with Crippen molar-refractivity contribution in [1.82, 2.24) is 4.98 Å². The number of nitrogens with one attached hydrogen (secondary N) is 1. The molecule has 0 aliphatic rings. The Bertz CT molecular complexity index is 1010. The number of benzene rings is 2. The number of carbonyl (C=O) groups is 1. The molecule has 4 rings (SSSR count). The zero-order valence-electron chi connectivity index (χ0n) is 13.9. The number of hydrogen-bond donors (Lipinski definition) is 1. The molecule has 0 fully saturated rings. The van der Waals surface area contributed by atoms with Crippen LogP contribution in [0, 0.1) is 0 Å². The first kappa shape index (κ1) is 16.3. The molecule has 1 amide bonds. The molecule has 128 valence electrons. The first-order valence-electron chi connectivity index (χ1n) is 8.22. The molecule has 4 nitrogen and oxygen atoms in total. The third kappa shape index (κ3) is 3.43. The zero-order chi connectivity index (χ0) is 17.8. The van der Waals surface area contributed by atoms with Crippen molar-refractivity contribution in [1.29, 1.82) is 0 Å². The number of aromatic nitrogens is 1. The van der Waals surface area contributed by atoms with Crippen LogP contribution in [-0.4, -0.2) is 10.9 Å². The summed E-state index contributed by atoms with van der Waals surface area (Å²) >= 11 is 1.51. The average Bonchev–Trinajstić information content (AvgIpc) is 3.35. The summed E-state index contributed by atoms with van der Waals surface area (Å²) in [5, 5.41) is 4.92. The quantitative estimate of drug-likeness (QED) is 0.529. The first-order chi connectivity index (χ1) is 12.8. The maximum atomic E-state index is 12.8.